The molecule has 1 aromatic heterocycles. The number of amides is 2. The monoisotopic (exact) mass is 422 g/mol. The molecule has 8 heteroatoms. The number of nitrogens with one attached hydrogen (secondary N) is 2. The smallest absolute Gasteiger partial charge is 0.314 e. The van der Waals surface area contributed by atoms with Crippen molar-refractivity contribution in [1.29, 1.82) is 0 Å². The lowest BCUT2D eigenvalue weighted by atomic mass is 10.2. The Morgan fingerprint density at radius 3 is 2.50 bits per heavy atom. The highest BCUT2D eigenvalue weighted by atomic mass is 32.2. The van der Waals surface area contributed by atoms with Gasteiger partial charge in [0.25, 0.3) is 0 Å². The Bertz CT molecular complexity index is 1080. The molecular weight excluding hydrogens is 400 g/mol. The molecule has 0 fully saturated rings. The van der Waals surface area contributed by atoms with Crippen LogP contribution in [0, 0.1) is 6.92 Å². The van der Waals surface area contributed by atoms with Crippen molar-refractivity contribution in [3.05, 3.63) is 70.9 Å². The molecule has 0 saturated carbocycles. The highest BCUT2D eigenvalue weighted by Crippen LogP contribution is 2.36. The Morgan fingerprint density at radius 1 is 1.07 bits per heavy atom. The number of thioether (sulfide) groups is 1. The molecule has 2 aromatic carbocycles. The number of aromatic nitrogens is 2. The average molecular weight is 423 g/mol. The lowest BCUT2D eigenvalue weighted by Crippen LogP contribution is -2.35. The third kappa shape index (κ3) is 4.18. The lowest BCUT2D eigenvalue weighted by molar-refractivity contribution is -0.136. The first-order valence-electron chi connectivity index (χ1n) is 9.53. The number of nitrogens with zero attached hydrogens (tertiary/aromatic N) is 2. The Labute approximate surface area is 178 Å². The second-order valence-electron chi connectivity index (χ2n) is 7.00. The van der Waals surface area contributed by atoms with Gasteiger partial charge in [-0.2, -0.15) is 16.9 Å². The summed E-state index contributed by atoms with van der Waals surface area (Å²) in [5, 5.41) is 10.1. The SMILES string of the molecule is COc1ccc(CNC(=O)C(=O)Nc2c3c(nn2-c2ccc(C)cc2)CSC3)cc1. The van der Waals surface area contributed by atoms with Gasteiger partial charge in [-0.15, -0.1) is 0 Å². The van der Waals surface area contributed by atoms with E-state index in [1.54, 1.807) is 23.6 Å². The van der Waals surface area contributed by atoms with E-state index in [4.69, 9.17) is 4.74 Å². The van der Waals surface area contributed by atoms with Gasteiger partial charge >= 0.3 is 11.8 Å². The van der Waals surface area contributed by atoms with E-state index in [1.165, 1.54) is 0 Å². The van der Waals surface area contributed by atoms with E-state index < -0.39 is 11.8 Å². The topological polar surface area (TPSA) is 85.2 Å². The molecule has 30 heavy (non-hydrogen) atoms. The number of ether oxygens (including phenoxy) is 1. The highest BCUT2D eigenvalue weighted by Gasteiger charge is 2.26. The number of carbonyl (C=O) groups excluding carboxylic acids is 2. The largest absolute Gasteiger partial charge is 0.497 e. The van der Waals surface area contributed by atoms with E-state index in [9.17, 15) is 9.59 Å². The van der Waals surface area contributed by atoms with Crippen LogP contribution in [0.15, 0.2) is 48.5 Å². The summed E-state index contributed by atoms with van der Waals surface area (Å²) in [4.78, 5) is 25.0. The molecule has 0 aliphatic carbocycles. The molecule has 2 heterocycles. The maximum Gasteiger partial charge on any atom is 0.314 e. The molecule has 0 atom stereocenters. The van der Waals surface area contributed by atoms with E-state index in [2.05, 4.69) is 15.7 Å². The third-order valence-electron chi connectivity index (χ3n) is 4.88. The molecule has 7 nitrogen and oxygen atoms in total. The molecule has 2 amide bonds. The van der Waals surface area contributed by atoms with Gasteiger partial charge in [0.05, 0.1) is 18.5 Å². The fourth-order valence-electron chi connectivity index (χ4n) is 3.18. The number of hydrogen-bond donors (Lipinski definition) is 2. The summed E-state index contributed by atoms with van der Waals surface area (Å²) in [5.41, 5.74) is 4.76. The normalized spacial score (nSPS) is 12.3. The zero-order valence-electron chi connectivity index (χ0n) is 16.8. The van der Waals surface area contributed by atoms with Gasteiger partial charge in [-0.3, -0.25) is 9.59 Å². The van der Waals surface area contributed by atoms with Gasteiger partial charge in [0.2, 0.25) is 0 Å². The Balaban J connectivity index is 1.48. The summed E-state index contributed by atoms with van der Waals surface area (Å²) in [7, 11) is 1.59. The predicted molar refractivity (Wildman–Crippen MR) is 117 cm³/mol. The van der Waals surface area contributed by atoms with Gasteiger partial charge < -0.3 is 15.4 Å². The summed E-state index contributed by atoms with van der Waals surface area (Å²) in [6.45, 7) is 2.26. The number of rotatable bonds is 5. The van der Waals surface area contributed by atoms with Gasteiger partial charge in [0.15, 0.2) is 0 Å². The van der Waals surface area contributed by atoms with Crippen LogP contribution in [0.2, 0.25) is 0 Å². The standard InChI is InChI=1S/C22H22N4O3S/c1-14-3-7-16(8-4-14)26-20(18-12-30-13-19(18)25-26)24-22(28)21(27)23-11-15-5-9-17(29-2)10-6-15/h3-10H,11-13H2,1-2H3,(H,23,27)(H,24,28). The number of carbonyl (C=O) groups is 2. The molecule has 154 valence electrons. The van der Waals surface area contributed by atoms with Crippen LogP contribution in [0.1, 0.15) is 22.4 Å². The van der Waals surface area contributed by atoms with E-state index in [0.717, 1.165) is 45.3 Å². The fourth-order valence-corrected chi connectivity index (χ4v) is 4.22. The Morgan fingerprint density at radius 2 is 1.80 bits per heavy atom. The fraction of sp³-hybridized carbons (Fsp3) is 0.227. The van der Waals surface area contributed by atoms with E-state index in [-0.39, 0.29) is 6.54 Å². The minimum atomic E-state index is -0.712. The van der Waals surface area contributed by atoms with Crippen LogP contribution < -0.4 is 15.4 Å². The molecule has 1 aliphatic heterocycles. The number of hydrogen-bond acceptors (Lipinski definition) is 5. The van der Waals surface area contributed by atoms with Crippen molar-refractivity contribution >= 4 is 29.4 Å². The van der Waals surface area contributed by atoms with E-state index in [0.29, 0.717) is 5.82 Å². The molecule has 0 radical (unpaired) electrons. The number of benzene rings is 2. The Kier molecular flexibility index (Phi) is 5.76. The van der Waals surface area contributed by atoms with Crippen molar-refractivity contribution in [3.8, 4) is 11.4 Å². The molecule has 0 spiro atoms. The van der Waals surface area contributed by atoms with Gasteiger partial charge in [-0.1, -0.05) is 29.8 Å². The zero-order chi connectivity index (χ0) is 21.1. The van der Waals surface area contributed by atoms with Crippen molar-refractivity contribution in [2.24, 2.45) is 0 Å². The first kappa shape index (κ1) is 20.0. The van der Waals surface area contributed by atoms with Gasteiger partial charge in [0.1, 0.15) is 11.6 Å². The predicted octanol–water partition coefficient (Wildman–Crippen LogP) is 3.19. The minimum Gasteiger partial charge on any atom is -0.497 e. The summed E-state index contributed by atoms with van der Waals surface area (Å²) in [5.74, 6) is 1.44. The van der Waals surface area contributed by atoms with Crippen LogP contribution in [0.4, 0.5) is 5.82 Å². The minimum absolute atomic E-state index is 0.251. The molecule has 4 rings (SSSR count). The summed E-state index contributed by atoms with van der Waals surface area (Å²) >= 11 is 1.74. The molecule has 0 bridgehead atoms. The summed E-state index contributed by atoms with van der Waals surface area (Å²) < 4.78 is 6.83. The molecule has 1 aliphatic rings. The number of fused-ring (bicyclic) bond motifs is 1. The van der Waals surface area contributed by atoms with Crippen LogP contribution in [-0.4, -0.2) is 28.7 Å². The zero-order valence-corrected chi connectivity index (χ0v) is 17.6. The summed E-state index contributed by atoms with van der Waals surface area (Å²) in [6, 6.07) is 15.2. The Hall–Kier alpha value is -3.26. The lowest BCUT2D eigenvalue weighted by Gasteiger charge is -2.11. The molecule has 0 saturated heterocycles. The highest BCUT2D eigenvalue weighted by molar-refractivity contribution is 7.98. The maximum atomic E-state index is 12.6. The van der Waals surface area contributed by atoms with Crippen LogP contribution in [0.3, 0.4) is 0 Å². The van der Waals surface area contributed by atoms with Crippen molar-refractivity contribution in [3.63, 3.8) is 0 Å². The van der Waals surface area contributed by atoms with Crippen LogP contribution >= 0.6 is 11.8 Å². The first-order valence-corrected chi connectivity index (χ1v) is 10.7. The third-order valence-corrected chi connectivity index (χ3v) is 5.85. The first-order chi connectivity index (χ1) is 14.5. The quantitative estimate of drug-likeness (QED) is 0.617. The van der Waals surface area contributed by atoms with Crippen LogP contribution in [-0.2, 0) is 27.6 Å². The van der Waals surface area contributed by atoms with Crippen molar-refractivity contribution in [2.45, 2.75) is 25.0 Å². The van der Waals surface area contributed by atoms with Gasteiger partial charge in [-0.25, -0.2) is 4.68 Å². The van der Waals surface area contributed by atoms with Crippen LogP contribution in [0.25, 0.3) is 5.69 Å². The number of anilines is 1. The second kappa shape index (κ2) is 8.62. The summed E-state index contributed by atoms with van der Waals surface area (Å²) in [6.07, 6.45) is 0. The average Bonchev–Trinajstić information content (AvgIpc) is 3.35. The maximum absolute atomic E-state index is 12.6. The molecular formula is C22H22N4O3S. The van der Waals surface area contributed by atoms with Gasteiger partial charge in [-0.05, 0) is 36.8 Å². The van der Waals surface area contributed by atoms with Crippen molar-refractivity contribution < 1.29 is 14.3 Å². The molecule has 2 N–H and O–H groups in total. The van der Waals surface area contributed by atoms with E-state index in [1.807, 2.05) is 55.5 Å². The van der Waals surface area contributed by atoms with Crippen molar-refractivity contribution in [2.75, 3.05) is 12.4 Å². The van der Waals surface area contributed by atoms with E-state index >= 15 is 0 Å². The van der Waals surface area contributed by atoms with Crippen LogP contribution in [0.5, 0.6) is 5.75 Å². The number of aryl methyl sites for hydroxylation is 1. The second-order valence-corrected chi connectivity index (χ2v) is 7.98. The molecule has 3 aromatic rings. The van der Waals surface area contributed by atoms with Crippen molar-refractivity contribution in [1.82, 2.24) is 15.1 Å². The molecule has 0 unspecified atom stereocenters. The number of methoxy groups -OCH3 is 1. The van der Waals surface area contributed by atoms with Gasteiger partial charge in [0, 0.05) is 23.6 Å².